The number of hydrogen-bond donors (Lipinski definition) is 1. The summed E-state index contributed by atoms with van der Waals surface area (Å²) in [7, 11) is 0. The van der Waals surface area contributed by atoms with Crippen molar-refractivity contribution < 1.29 is 14.4 Å². The monoisotopic (exact) mass is 443 g/mol. The number of aromatic amines is 1. The van der Waals surface area contributed by atoms with Gasteiger partial charge in [-0.15, -0.1) is 0 Å². The van der Waals surface area contributed by atoms with E-state index in [1.54, 1.807) is 28.9 Å². The van der Waals surface area contributed by atoms with Crippen molar-refractivity contribution in [1.82, 2.24) is 24.9 Å². The third kappa shape index (κ3) is 3.92. The molecule has 164 valence electrons. The van der Waals surface area contributed by atoms with Crippen LogP contribution in [0.25, 0.3) is 11.3 Å². The first-order valence-electron chi connectivity index (χ1n) is 10.5. The number of nitrogens with zero attached hydrogens (tertiary/aromatic N) is 4. The predicted octanol–water partition coefficient (Wildman–Crippen LogP) is 2.27. The van der Waals surface area contributed by atoms with Gasteiger partial charge >= 0.3 is 0 Å². The van der Waals surface area contributed by atoms with E-state index >= 15 is 0 Å². The molecule has 3 heterocycles. The molecule has 0 saturated carbocycles. The van der Waals surface area contributed by atoms with Gasteiger partial charge in [0.2, 0.25) is 11.8 Å². The molecule has 3 amide bonds. The smallest absolute Gasteiger partial charge is 0.272 e. The van der Waals surface area contributed by atoms with Crippen LogP contribution >= 0.6 is 11.6 Å². The number of halogens is 1. The maximum absolute atomic E-state index is 13.3. The zero-order valence-electron chi connectivity index (χ0n) is 17.8. The summed E-state index contributed by atoms with van der Waals surface area (Å²) in [6.45, 7) is 7.64. The third-order valence-electron chi connectivity index (χ3n) is 5.87. The second-order valence-corrected chi connectivity index (χ2v) is 8.91. The molecule has 1 aromatic heterocycles. The van der Waals surface area contributed by atoms with Crippen molar-refractivity contribution in [2.24, 2.45) is 5.92 Å². The van der Waals surface area contributed by atoms with Gasteiger partial charge in [-0.05, 0) is 25.0 Å². The Morgan fingerprint density at radius 3 is 2.68 bits per heavy atom. The fourth-order valence-electron chi connectivity index (χ4n) is 4.27. The molecule has 9 heteroatoms. The summed E-state index contributed by atoms with van der Waals surface area (Å²) in [5, 5.41) is 7.51. The van der Waals surface area contributed by atoms with Crippen molar-refractivity contribution in [3.8, 4) is 11.3 Å². The molecule has 2 aliphatic rings. The predicted molar refractivity (Wildman–Crippen MR) is 116 cm³/mol. The first-order chi connectivity index (χ1) is 14.8. The molecule has 1 N–H and O–H groups in total. The summed E-state index contributed by atoms with van der Waals surface area (Å²) in [6, 6.07) is 7.56. The topological polar surface area (TPSA) is 89.6 Å². The van der Waals surface area contributed by atoms with Crippen molar-refractivity contribution in [1.29, 1.82) is 0 Å². The van der Waals surface area contributed by atoms with Crippen molar-refractivity contribution >= 4 is 29.3 Å². The van der Waals surface area contributed by atoms with Crippen LogP contribution in [0.2, 0.25) is 5.02 Å². The standard InChI is InChI=1S/C22H26ClN5O3/c1-13(2)11-26-8-9-27-19(22(26)31)12-28(14(3)20(27)29)21(30)18-10-17(24-25-18)15-6-4-5-7-16(15)23/h4-7,10,13-14,19H,8-9,11-12H2,1-3H3,(H,24,25)/t14-,19-/m0/s1. The molecule has 2 saturated heterocycles. The maximum atomic E-state index is 13.3. The van der Waals surface area contributed by atoms with Crippen LogP contribution in [-0.4, -0.2) is 80.9 Å². The van der Waals surface area contributed by atoms with Gasteiger partial charge in [-0.25, -0.2) is 0 Å². The molecule has 2 aliphatic heterocycles. The van der Waals surface area contributed by atoms with Gasteiger partial charge in [0.15, 0.2) is 0 Å². The van der Waals surface area contributed by atoms with Gasteiger partial charge in [-0.1, -0.05) is 43.6 Å². The minimum atomic E-state index is -0.653. The van der Waals surface area contributed by atoms with Crippen molar-refractivity contribution in [3.05, 3.63) is 41.0 Å². The number of piperazine rings is 2. The van der Waals surface area contributed by atoms with E-state index in [2.05, 4.69) is 24.0 Å². The molecule has 0 spiro atoms. The van der Waals surface area contributed by atoms with E-state index in [1.807, 2.05) is 18.2 Å². The molecular formula is C22H26ClN5O3. The fraction of sp³-hybridized carbons (Fsp3) is 0.455. The number of aromatic nitrogens is 2. The number of rotatable bonds is 4. The Labute approximate surface area is 186 Å². The number of benzene rings is 1. The van der Waals surface area contributed by atoms with Crippen LogP contribution < -0.4 is 0 Å². The summed E-state index contributed by atoms with van der Waals surface area (Å²) in [4.78, 5) is 44.1. The van der Waals surface area contributed by atoms with Gasteiger partial charge in [0.25, 0.3) is 5.91 Å². The van der Waals surface area contributed by atoms with Crippen LogP contribution in [0.15, 0.2) is 30.3 Å². The van der Waals surface area contributed by atoms with E-state index < -0.39 is 12.1 Å². The Balaban J connectivity index is 1.57. The number of fused-ring (bicyclic) bond motifs is 1. The molecule has 8 nitrogen and oxygen atoms in total. The average Bonchev–Trinajstić information content (AvgIpc) is 3.22. The summed E-state index contributed by atoms with van der Waals surface area (Å²) in [5.74, 6) is -0.327. The van der Waals surface area contributed by atoms with Gasteiger partial charge in [-0.3, -0.25) is 19.5 Å². The van der Waals surface area contributed by atoms with Gasteiger partial charge in [0, 0.05) is 25.2 Å². The lowest BCUT2D eigenvalue weighted by atomic mass is 10.0. The molecular weight excluding hydrogens is 418 g/mol. The van der Waals surface area contributed by atoms with Crippen LogP contribution in [0.1, 0.15) is 31.3 Å². The average molecular weight is 444 g/mol. The van der Waals surface area contributed by atoms with E-state index in [9.17, 15) is 14.4 Å². The SMILES string of the molecule is CC(C)CN1CCN2C(=O)[C@H](C)N(C(=O)c3cc(-c4ccccc4Cl)n[nH]3)C[C@H]2C1=O. The summed E-state index contributed by atoms with van der Waals surface area (Å²) in [6.07, 6.45) is 0. The van der Waals surface area contributed by atoms with E-state index in [0.29, 0.717) is 41.8 Å². The number of nitrogens with one attached hydrogen (secondary N) is 1. The number of carbonyl (C=O) groups is 3. The Morgan fingerprint density at radius 2 is 1.97 bits per heavy atom. The zero-order chi connectivity index (χ0) is 22.3. The van der Waals surface area contributed by atoms with E-state index in [-0.39, 0.29) is 30.0 Å². The van der Waals surface area contributed by atoms with Crippen molar-refractivity contribution in [2.75, 3.05) is 26.2 Å². The second kappa shape index (κ2) is 8.34. The Kier molecular flexibility index (Phi) is 5.75. The summed E-state index contributed by atoms with van der Waals surface area (Å²) in [5.41, 5.74) is 1.51. The van der Waals surface area contributed by atoms with Gasteiger partial charge in [0.1, 0.15) is 17.8 Å². The molecule has 2 atom stereocenters. The molecule has 4 rings (SSSR count). The molecule has 31 heavy (non-hydrogen) atoms. The van der Waals surface area contributed by atoms with E-state index in [4.69, 9.17) is 11.6 Å². The van der Waals surface area contributed by atoms with Crippen LogP contribution in [0.3, 0.4) is 0 Å². The van der Waals surface area contributed by atoms with Gasteiger partial charge < -0.3 is 14.7 Å². The van der Waals surface area contributed by atoms with Gasteiger partial charge in [-0.2, -0.15) is 5.10 Å². The van der Waals surface area contributed by atoms with Crippen molar-refractivity contribution in [3.63, 3.8) is 0 Å². The lowest BCUT2D eigenvalue weighted by Crippen LogP contribution is -2.70. The fourth-order valence-corrected chi connectivity index (χ4v) is 4.50. The highest BCUT2D eigenvalue weighted by atomic mass is 35.5. The first-order valence-corrected chi connectivity index (χ1v) is 10.9. The molecule has 0 unspecified atom stereocenters. The number of carbonyl (C=O) groups excluding carboxylic acids is 3. The molecule has 2 fully saturated rings. The number of hydrogen-bond acceptors (Lipinski definition) is 4. The summed E-state index contributed by atoms with van der Waals surface area (Å²) >= 11 is 6.24. The maximum Gasteiger partial charge on any atom is 0.272 e. The van der Waals surface area contributed by atoms with Crippen molar-refractivity contribution in [2.45, 2.75) is 32.9 Å². The Bertz CT molecular complexity index is 1020. The highest BCUT2D eigenvalue weighted by Crippen LogP contribution is 2.28. The van der Waals surface area contributed by atoms with Crippen LogP contribution in [0.4, 0.5) is 0 Å². The van der Waals surface area contributed by atoms with Crippen LogP contribution in [-0.2, 0) is 9.59 Å². The molecule has 2 aromatic rings. The van der Waals surface area contributed by atoms with E-state index in [0.717, 1.165) is 0 Å². The summed E-state index contributed by atoms with van der Waals surface area (Å²) < 4.78 is 0. The normalized spacial score (nSPS) is 21.6. The lowest BCUT2D eigenvalue weighted by Gasteiger charge is -2.48. The van der Waals surface area contributed by atoms with Gasteiger partial charge in [0.05, 0.1) is 17.3 Å². The highest BCUT2D eigenvalue weighted by Gasteiger charge is 2.47. The Morgan fingerprint density at radius 1 is 1.23 bits per heavy atom. The van der Waals surface area contributed by atoms with Crippen LogP contribution in [0, 0.1) is 5.92 Å². The quantitative estimate of drug-likeness (QED) is 0.784. The molecule has 1 aromatic carbocycles. The zero-order valence-corrected chi connectivity index (χ0v) is 18.6. The van der Waals surface area contributed by atoms with Crippen LogP contribution in [0.5, 0.6) is 0 Å². The second-order valence-electron chi connectivity index (χ2n) is 8.51. The minimum absolute atomic E-state index is 0.0978. The molecule has 0 bridgehead atoms. The number of H-pyrrole nitrogens is 1. The largest absolute Gasteiger partial charge is 0.339 e. The first kappa shape index (κ1) is 21.4. The molecule has 0 radical (unpaired) electrons. The highest BCUT2D eigenvalue weighted by molar-refractivity contribution is 6.33. The lowest BCUT2D eigenvalue weighted by molar-refractivity contribution is -0.160. The van der Waals surface area contributed by atoms with E-state index in [1.165, 1.54) is 4.90 Å². The minimum Gasteiger partial charge on any atom is -0.339 e. The Hall–Kier alpha value is -2.87. The third-order valence-corrected chi connectivity index (χ3v) is 6.20. The molecule has 0 aliphatic carbocycles. The number of amides is 3.